The number of thioether (sulfide) groups is 1. The molecule has 1 aromatic heterocycles. The first-order valence-corrected chi connectivity index (χ1v) is 9.08. The number of esters is 1. The zero-order chi connectivity index (χ0) is 18.0. The third kappa shape index (κ3) is 3.09. The Kier molecular flexibility index (Phi) is 4.98. The van der Waals surface area contributed by atoms with Crippen molar-refractivity contribution in [3.8, 4) is 5.75 Å². The number of benzene rings is 1. The number of ether oxygens (including phenoxy) is 2. The van der Waals surface area contributed by atoms with Crippen molar-refractivity contribution < 1.29 is 14.3 Å². The van der Waals surface area contributed by atoms with Crippen molar-refractivity contribution in [3.63, 3.8) is 0 Å². The lowest BCUT2D eigenvalue weighted by Gasteiger charge is -2.28. The van der Waals surface area contributed by atoms with Crippen LogP contribution >= 0.6 is 11.8 Å². The number of hydrogen-bond acceptors (Lipinski definition) is 7. The van der Waals surface area contributed by atoms with Crippen LogP contribution < -0.4 is 10.1 Å². The number of nitrogens with zero attached hydrogens (tertiary/aromatic N) is 3. The van der Waals surface area contributed by atoms with Gasteiger partial charge in [-0.15, -0.1) is 5.10 Å². The molecule has 0 amide bonds. The van der Waals surface area contributed by atoms with Gasteiger partial charge in [-0.1, -0.05) is 30.8 Å². The molecule has 1 aromatic carbocycles. The van der Waals surface area contributed by atoms with Gasteiger partial charge in [0.05, 0.1) is 19.8 Å². The fraction of sp³-hybridized carbons (Fsp3) is 0.353. The van der Waals surface area contributed by atoms with Crippen molar-refractivity contribution in [2.75, 3.05) is 25.8 Å². The average Bonchev–Trinajstić information content (AvgIpc) is 3.08. The smallest absolute Gasteiger partial charge is 0.338 e. The molecule has 1 aliphatic rings. The number of fused-ring (bicyclic) bond motifs is 1. The molecule has 1 atom stereocenters. The Balaban J connectivity index is 2.18. The summed E-state index contributed by atoms with van der Waals surface area (Å²) >= 11 is 1.45. The van der Waals surface area contributed by atoms with Crippen LogP contribution in [0.2, 0.25) is 0 Å². The van der Waals surface area contributed by atoms with Crippen LogP contribution in [0.5, 0.6) is 5.75 Å². The van der Waals surface area contributed by atoms with Crippen molar-refractivity contribution in [1.29, 1.82) is 0 Å². The number of hydrogen-bond donors (Lipinski definition) is 1. The van der Waals surface area contributed by atoms with Gasteiger partial charge in [-0.3, -0.25) is 0 Å². The molecule has 0 radical (unpaired) electrons. The van der Waals surface area contributed by atoms with Crippen LogP contribution in [-0.4, -0.2) is 41.2 Å². The highest BCUT2D eigenvalue weighted by atomic mass is 32.2. The fourth-order valence-corrected chi connectivity index (χ4v) is 3.21. The molecule has 132 valence electrons. The minimum Gasteiger partial charge on any atom is -0.497 e. The molecular formula is C17H20N4O3S. The predicted molar refractivity (Wildman–Crippen MR) is 95.9 cm³/mol. The minimum atomic E-state index is -0.405. The second-order valence-electron chi connectivity index (χ2n) is 5.40. The largest absolute Gasteiger partial charge is 0.497 e. The quantitative estimate of drug-likeness (QED) is 0.649. The van der Waals surface area contributed by atoms with Crippen LogP contribution in [0.25, 0.3) is 0 Å². The molecule has 0 aliphatic carbocycles. The molecule has 0 saturated carbocycles. The standard InChI is InChI=1S/C17H20N4O3S/c1-5-12-13(15(22)24-3)14(10-6-8-11(23-2)9-7-10)21-16(18-12)19-17(20-21)25-4/h6-9,14H,5H2,1-4H3,(H,18,19,20). The van der Waals surface area contributed by atoms with Gasteiger partial charge in [-0.05, 0) is 30.4 Å². The van der Waals surface area contributed by atoms with Gasteiger partial charge in [0.25, 0.3) is 0 Å². The van der Waals surface area contributed by atoms with Gasteiger partial charge in [0, 0.05) is 5.70 Å². The highest BCUT2D eigenvalue weighted by molar-refractivity contribution is 7.98. The third-order valence-corrected chi connectivity index (χ3v) is 4.63. The van der Waals surface area contributed by atoms with E-state index in [1.54, 1.807) is 11.8 Å². The molecule has 1 aliphatic heterocycles. The Morgan fingerprint density at radius 3 is 2.60 bits per heavy atom. The minimum absolute atomic E-state index is 0.378. The van der Waals surface area contributed by atoms with E-state index in [1.165, 1.54) is 18.9 Å². The van der Waals surface area contributed by atoms with E-state index in [4.69, 9.17) is 9.47 Å². The number of carbonyl (C=O) groups excluding carboxylic acids is 1. The Morgan fingerprint density at radius 1 is 1.32 bits per heavy atom. The molecule has 8 heteroatoms. The summed E-state index contributed by atoms with van der Waals surface area (Å²) in [5.41, 5.74) is 2.24. The molecule has 0 spiro atoms. The highest BCUT2D eigenvalue weighted by Crippen LogP contribution is 2.37. The van der Waals surface area contributed by atoms with E-state index < -0.39 is 6.04 Å². The molecule has 7 nitrogen and oxygen atoms in total. The first-order valence-electron chi connectivity index (χ1n) is 7.85. The van der Waals surface area contributed by atoms with Crippen molar-refractivity contribution >= 4 is 23.7 Å². The zero-order valence-electron chi connectivity index (χ0n) is 14.6. The first-order chi connectivity index (χ1) is 12.1. The third-order valence-electron chi connectivity index (χ3n) is 4.09. The van der Waals surface area contributed by atoms with Crippen molar-refractivity contribution in [1.82, 2.24) is 14.8 Å². The van der Waals surface area contributed by atoms with Gasteiger partial charge >= 0.3 is 5.97 Å². The second kappa shape index (κ2) is 7.18. The summed E-state index contributed by atoms with van der Waals surface area (Å²) in [7, 11) is 3.01. The number of allylic oxidation sites excluding steroid dienone is 1. The van der Waals surface area contributed by atoms with Crippen LogP contribution in [-0.2, 0) is 9.53 Å². The number of aromatic nitrogens is 3. The summed E-state index contributed by atoms with van der Waals surface area (Å²) in [6.07, 6.45) is 2.57. The maximum absolute atomic E-state index is 12.5. The van der Waals surface area contributed by atoms with Crippen molar-refractivity contribution in [2.24, 2.45) is 0 Å². The number of carbonyl (C=O) groups is 1. The summed E-state index contributed by atoms with van der Waals surface area (Å²) in [5, 5.41) is 8.40. The Morgan fingerprint density at radius 2 is 2.04 bits per heavy atom. The molecule has 25 heavy (non-hydrogen) atoms. The Hall–Kier alpha value is -2.48. The van der Waals surface area contributed by atoms with Crippen LogP contribution in [0, 0.1) is 0 Å². The van der Waals surface area contributed by atoms with Crippen LogP contribution in [0.3, 0.4) is 0 Å². The van der Waals surface area contributed by atoms with Crippen LogP contribution in [0.15, 0.2) is 40.7 Å². The Bertz CT molecular complexity index is 814. The molecule has 0 bridgehead atoms. The van der Waals surface area contributed by atoms with Gasteiger partial charge in [-0.2, -0.15) is 4.98 Å². The molecule has 2 heterocycles. The SMILES string of the molecule is CCC1=C(C(=O)OC)C(c2ccc(OC)cc2)n2nc(SC)nc2N1. The lowest BCUT2D eigenvalue weighted by Crippen LogP contribution is -2.30. The van der Waals surface area contributed by atoms with Crippen LogP contribution in [0.1, 0.15) is 24.9 Å². The van der Waals surface area contributed by atoms with E-state index in [1.807, 2.05) is 37.4 Å². The van der Waals surface area contributed by atoms with Gasteiger partial charge in [-0.25, -0.2) is 9.48 Å². The van der Waals surface area contributed by atoms with Crippen molar-refractivity contribution in [2.45, 2.75) is 24.5 Å². The molecule has 3 rings (SSSR count). The van der Waals surface area contributed by atoms with Gasteiger partial charge in [0.15, 0.2) is 0 Å². The molecule has 0 saturated heterocycles. The normalized spacial score (nSPS) is 16.2. The molecule has 1 N–H and O–H groups in total. The molecular weight excluding hydrogens is 340 g/mol. The van der Waals surface area contributed by atoms with E-state index in [9.17, 15) is 4.79 Å². The second-order valence-corrected chi connectivity index (χ2v) is 6.18. The van der Waals surface area contributed by atoms with Crippen LogP contribution in [0.4, 0.5) is 5.95 Å². The fourth-order valence-electron chi connectivity index (χ4n) is 2.86. The summed E-state index contributed by atoms with van der Waals surface area (Å²) in [5.74, 6) is 0.993. The zero-order valence-corrected chi connectivity index (χ0v) is 15.4. The van der Waals surface area contributed by atoms with E-state index in [-0.39, 0.29) is 5.97 Å². The van der Waals surface area contributed by atoms with E-state index in [0.29, 0.717) is 23.1 Å². The summed E-state index contributed by atoms with van der Waals surface area (Å²) in [4.78, 5) is 17.0. The number of rotatable bonds is 5. The van der Waals surface area contributed by atoms with E-state index >= 15 is 0 Å². The molecule has 1 unspecified atom stereocenters. The Labute approximate surface area is 150 Å². The topological polar surface area (TPSA) is 78.3 Å². The first kappa shape index (κ1) is 17.3. The lowest BCUT2D eigenvalue weighted by molar-refractivity contribution is -0.136. The molecule has 2 aromatic rings. The number of anilines is 1. The number of methoxy groups -OCH3 is 2. The van der Waals surface area contributed by atoms with Gasteiger partial charge in [0.1, 0.15) is 11.8 Å². The van der Waals surface area contributed by atoms with E-state index in [0.717, 1.165) is 17.0 Å². The highest BCUT2D eigenvalue weighted by Gasteiger charge is 2.35. The summed E-state index contributed by atoms with van der Waals surface area (Å²) in [6, 6.07) is 7.18. The monoisotopic (exact) mass is 360 g/mol. The molecule has 0 fully saturated rings. The van der Waals surface area contributed by atoms with Gasteiger partial charge in [0.2, 0.25) is 11.1 Å². The maximum atomic E-state index is 12.5. The summed E-state index contributed by atoms with van der Waals surface area (Å²) in [6.45, 7) is 1.98. The predicted octanol–water partition coefficient (Wildman–Crippen LogP) is 2.86. The number of nitrogens with one attached hydrogen (secondary N) is 1. The lowest BCUT2D eigenvalue weighted by atomic mass is 9.94. The van der Waals surface area contributed by atoms with E-state index in [2.05, 4.69) is 15.4 Å². The summed E-state index contributed by atoms with van der Waals surface area (Å²) < 4.78 is 12.0. The van der Waals surface area contributed by atoms with Crippen molar-refractivity contribution in [3.05, 3.63) is 41.1 Å². The van der Waals surface area contributed by atoms with Gasteiger partial charge < -0.3 is 14.8 Å². The average molecular weight is 360 g/mol. The maximum Gasteiger partial charge on any atom is 0.338 e.